The van der Waals surface area contributed by atoms with Crippen LogP contribution in [0.2, 0.25) is 0 Å². The summed E-state index contributed by atoms with van der Waals surface area (Å²) in [5, 5.41) is 16.7. The van der Waals surface area contributed by atoms with Gasteiger partial charge in [-0.05, 0) is 37.3 Å². The van der Waals surface area contributed by atoms with Crippen LogP contribution in [0.25, 0.3) is 22.6 Å². The van der Waals surface area contributed by atoms with Crippen LogP contribution in [0, 0.1) is 6.92 Å². The molecule has 2 N–H and O–H groups in total. The van der Waals surface area contributed by atoms with E-state index in [1.165, 1.54) is 18.5 Å². The first-order valence-electron chi connectivity index (χ1n) is 7.39. The Labute approximate surface area is 141 Å². The minimum Gasteiger partial charge on any atom is -0.504 e. The average Bonchev–Trinajstić information content (AvgIpc) is 3.26. The number of hydrogen-bond donors (Lipinski definition) is 2. The fourth-order valence-corrected chi connectivity index (χ4v) is 2.49. The zero-order chi connectivity index (χ0) is 17.4. The average molecular weight is 336 g/mol. The molecule has 8 nitrogen and oxygen atoms in total. The lowest BCUT2D eigenvalue weighted by atomic mass is 10.1. The highest BCUT2D eigenvalue weighted by molar-refractivity contribution is 6.13. The van der Waals surface area contributed by atoms with Gasteiger partial charge in [0.1, 0.15) is 5.69 Å². The third-order valence-electron chi connectivity index (χ3n) is 3.65. The molecule has 0 saturated carbocycles. The Morgan fingerprint density at radius 2 is 2.16 bits per heavy atom. The van der Waals surface area contributed by atoms with Gasteiger partial charge < -0.3 is 19.4 Å². The number of carbonyl (C=O) groups is 1. The quantitative estimate of drug-likeness (QED) is 0.590. The van der Waals surface area contributed by atoms with Gasteiger partial charge in [-0.15, -0.1) is 0 Å². The van der Waals surface area contributed by atoms with Gasteiger partial charge in [-0.1, -0.05) is 5.16 Å². The maximum atomic E-state index is 12.8. The van der Waals surface area contributed by atoms with Crippen molar-refractivity contribution < 1.29 is 18.8 Å². The molecule has 0 aromatic carbocycles. The molecule has 4 heterocycles. The predicted molar refractivity (Wildman–Crippen MR) is 88.1 cm³/mol. The van der Waals surface area contributed by atoms with Gasteiger partial charge in [0.15, 0.2) is 17.3 Å². The summed E-state index contributed by atoms with van der Waals surface area (Å²) in [7, 11) is 0. The van der Waals surface area contributed by atoms with Gasteiger partial charge in [0.05, 0.1) is 22.9 Å². The standard InChI is InChI=1S/C17H12N4O4/c1-9-14-10(16(23)20-15-12(22)4-2-6-18-15)8-11(13-5-3-7-24-13)19-17(14)25-21-9/h2-8,22H,1H3,(H,18,20,23). The summed E-state index contributed by atoms with van der Waals surface area (Å²) < 4.78 is 10.5. The largest absolute Gasteiger partial charge is 0.504 e. The van der Waals surface area contributed by atoms with E-state index in [-0.39, 0.29) is 17.3 Å². The van der Waals surface area contributed by atoms with E-state index in [1.807, 2.05) is 0 Å². The van der Waals surface area contributed by atoms with Gasteiger partial charge in [-0.2, -0.15) is 0 Å². The maximum absolute atomic E-state index is 12.8. The summed E-state index contributed by atoms with van der Waals surface area (Å²) >= 11 is 0. The Morgan fingerprint density at radius 3 is 2.92 bits per heavy atom. The molecule has 1 amide bonds. The Bertz CT molecular complexity index is 1070. The highest BCUT2D eigenvalue weighted by atomic mass is 16.5. The fourth-order valence-electron chi connectivity index (χ4n) is 2.49. The normalized spacial score (nSPS) is 10.9. The highest BCUT2D eigenvalue weighted by Gasteiger charge is 2.21. The fraction of sp³-hybridized carbons (Fsp3) is 0.0588. The number of furan rings is 1. The van der Waals surface area contributed by atoms with Gasteiger partial charge in [0, 0.05) is 6.20 Å². The molecule has 0 unspecified atom stereocenters. The van der Waals surface area contributed by atoms with Gasteiger partial charge in [-0.25, -0.2) is 9.97 Å². The first-order valence-corrected chi connectivity index (χ1v) is 7.39. The minimum atomic E-state index is -0.472. The van der Waals surface area contributed by atoms with E-state index in [0.717, 1.165) is 0 Å². The lowest BCUT2D eigenvalue weighted by Gasteiger charge is -2.08. The minimum absolute atomic E-state index is 0.0612. The molecule has 0 fully saturated rings. The number of aromatic nitrogens is 3. The van der Waals surface area contributed by atoms with Crippen molar-refractivity contribution in [1.29, 1.82) is 0 Å². The van der Waals surface area contributed by atoms with Gasteiger partial charge in [-0.3, -0.25) is 4.79 Å². The van der Waals surface area contributed by atoms with Crippen molar-refractivity contribution in [3.05, 3.63) is 54.0 Å². The topological polar surface area (TPSA) is 114 Å². The summed E-state index contributed by atoms with van der Waals surface area (Å²) in [6.07, 6.45) is 2.98. The lowest BCUT2D eigenvalue weighted by molar-refractivity contribution is 0.102. The van der Waals surface area contributed by atoms with Crippen LogP contribution in [0.4, 0.5) is 5.82 Å². The summed E-state index contributed by atoms with van der Waals surface area (Å²) in [5.74, 6) is -0.0493. The molecule has 0 radical (unpaired) electrons. The van der Waals surface area contributed by atoms with Crippen molar-refractivity contribution in [2.75, 3.05) is 5.32 Å². The SMILES string of the molecule is Cc1noc2nc(-c3ccco3)cc(C(=O)Nc3ncccc3O)c12. The van der Waals surface area contributed by atoms with Crippen molar-refractivity contribution in [1.82, 2.24) is 15.1 Å². The Balaban J connectivity index is 1.83. The van der Waals surface area contributed by atoms with Crippen LogP contribution in [-0.4, -0.2) is 26.1 Å². The molecule has 4 aromatic rings. The third-order valence-corrected chi connectivity index (χ3v) is 3.65. The molecule has 0 aliphatic rings. The van der Waals surface area contributed by atoms with E-state index in [0.29, 0.717) is 28.1 Å². The smallest absolute Gasteiger partial charge is 0.259 e. The Morgan fingerprint density at radius 1 is 1.28 bits per heavy atom. The second-order valence-electron chi connectivity index (χ2n) is 5.31. The summed E-state index contributed by atoms with van der Waals surface area (Å²) in [6.45, 7) is 1.72. The van der Waals surface area contributed by atoms with Crippen molar-refractivity contribution in [3.63, 3.8) is 0 Å². The third kappa shape index (κ3) is 2.59. The predicted octanol–water partition coefficient (Wildman–Crippen LogP) is 3.14. The van der Waals surface area contributed by atoms with Crippen LogP contribution >= 0.6 is 0 Å². The molecule has 0 spiro atoms. The number of aryl methyl sites for hydroxylation is 1. The van der Waals surface area contributed by atoms with Crippen LogP contribution in [-0.2, 0) is 0 Å². The summed E-state index contributed by atoms with van der Waals surface area (Å²) in [6, 6.07) is 8.03. The number of fused-ring (bicyclic) bond motifs is 1. The monoisotopic (exact) mass is 336 g/mol. The molecule has 8 heteroatoms. The lowest BCUT2D eigenvalue weighted by Crippen LogP contribution is -2.14. The molecule has 25 heavy (non-hydrogen) atoms. The van der Waals surface area contributed by atoms with Crippen LogP contribution in [0.15, 0.2) is 51.7 Å². The number of amides is 1. The van der Waals surface area contributed by atoms with Gasteiger partial charge in [0.2, 0.25) is 0 Å². The van der Waals surface area contributed by atoms with Crippen LogP contribution in [0.5, 0.6) is 5.75 Å². The molecule has 0 saturated heterocycles. The number of carbonyl (C=O) groups excluding carboxylic acids is 1. The van der Waals surface area contributed by atoms with Crippen molar-refractivity contribution in [2.24, 2.45) is 0 Å². The maximum Gasteiger partial charge on any atom is 0.259 e. The number of hydrogen-bond acceptors (Lipinski definition) is 7. The molecule has 0 aliphatic heterocycles. The first kappa shape index (κ1) is 14.9. The molecule has 4 rings (SSSR count). The second-order valence-corrected chi connectivity index (χ2v) is 5.31. The zero-order valence-electron chi connectivity index (χ0n) is 13.1. The van der Waals surface area contributed by atoms with Crippen LogP contribution in [0.1, 0.15) is 16.1 Å². The Kier molecular flexibility index (Phi) is 3.42. The summed E-state index contributed by atoms with van der Waals surface area (Å²) in [4.78, 5) is 21.1. The summed E-state index contributed by atoms with van der Waals surface area (Å²) in [5.41, 5.74) is 1.48. The number of aromatic hydroxyl groups is 1. The van der Waals surface area contributed by atoms with Crippen molar-refractivity contribution in [3.8, 4) is 17.2 Å². The molecular weight excluding hydrogens is 324 g/mol. The molecular formula is C17H12N4O4. The zero-order valence-corrected chi connectivity index (χ0v) is 13.1. The van der Waals surface area contributed by atoms with E-state index in [1.54, 1.807) is 31.2 Å². The highest BCUT2D eigenvalue weighted by Crippen LogP contribution is 2.28. The van der Waals surface area contributed by atoms with E-state index < -0.39 is 5.91 Å². The number of anilines is 1. The molecule has 4 aromatic heterocycles. The van der Waals surface area contributed by atoms with E-state index in [9.17, 15) is 9.90 Å². The molecule has 0 aliphatic carbocycles. The number of nitrogens with one attached hydrogen (secondary N) is 1. The van der Waals surface area contributed by atoms with E-state index >= 15 is 0 Å². The van der Waals surface area contributed by atoms with Crippen molar-refractivity contribution >= 4 is 22.8 Å². The Hall–Kier alpha value is -3.68. The van der Waals surface area contributed by atoms with Gasteiger partial charge >= 0.3 is 0 Å². The number of rotatable bonds is 3. The number of pyridine rings is 2. The second kappa shape index (κ2) is 5.75. The molecule has 0 bridgehead atoms. The van der Waals surface area contributed by atoms with Crippen molar-refractivity contribution in [2.45, 2.75) is 6.92 Å². The molecule has 0 atom stereocenters. The van der Waals surface area contributed by atoms with Crippen LogP contribution in [0.3, 0.4) is 0 Å². The van der Waals surface area contributed by atoms with E-state index in [2.05, 4.69) is 20.4 Å². The number of nitrogens with zero attached hydrogens (tertiary/aromatic N) is 3. The van der Waals surface area contributed by atoms with Crippen LogP contribution < -0.4 is 5.32 Å². The first-order chi connectivity index (χ1) is 12.1. The van der Waals surface area contributed by atoms with E-state index in [4.69, 9.17) is 8.94 Å². The molecule has 124 valence electrons. The van der Waals surface area contributed by atoms with Gasteiger partial charge in [0.25, 0.3) is 11.6 Å².